The van der Waals surface area contributed by atoms with Gasteiger partial charge in [0.05, 0.1) is 17.4 Å². The van der Waals surface area contributed by atoms with Crippen molar-refractivity contribution in [3.63, 3.8) is 0 Å². The van der Waals surface area contributed by atoms with Gasteiger partial charge in [0, 0.05) is 17.3 Å². The predicted molar refractivity (Wildman–Crippen MR) is 124 cm³/mol. The van der Waals surface area contributed by atoms with Gasteiger partial charge in [-0.3, -0.25) is 9.59 Å². The van der Waals surface area contributed by atoms with Gasteiger partial charge in [-0.2, -0.15) is 5.10 Å². The number of nitrogens with zero attached hydrogens (tertiary/aromatic N) is 2. The first kappa shape index (κ1) is 21.4. The average molecular weight is 457 g/mol. The maximum atomic E-state index is 13.3. The summed E-state index contributed by atoms with van der Waals surface area (Å²) in [6, 6.07) is 18.1. The number of rotatable bonds is 5. The molecule has 0 bridgehead atoms. The summed E-state index contributed by atoms with van der Waals surface area (Å²) in [4.78, 5) is 25.8. The number of carbonyl (C=O) groups is 2. The van der Waals surface area contributed by atoms with E-state index >= 15 is 0 Å². The third kappa shape index (κ3) is 3.90. The molecule has 8 heteroatoms. The second-order valence-electron chi connectivity index (χ2n) is 7.78. The van der Waals surface area contributed by atoms with Crippen LogP contribution in [0.2, 0.25) is 0 Å². The van der Waals surface area contributed by atoms with Crippen LogP contribution in [0.15, 0.2) is 78.0 Å². The Morgan fingerprint density at radius 3 is 2.59 bits per heavy atom. The van der Waals surface area contributed by atoms with E-state index in [1.165, 1.54) is 30.5 Å². The van der Waals surface area contributed by atoms with Crippen molar-refractivity contribution >= 4 is 23.4 Å². The van der Waals surface area contributed by atoms with Gasteiger partial charge in [-0.25, -0.2) is 9.82 Å². The highest BCUT2D eigenvalue weighted by Gasteiger charge is 2.27. The largest absolute Gasteiger partial charge is 0.485 e. The van der Waals surface area contributed by atoms with Crippen molar-refractivity contribution in [2.24, 2.45) is 5.10 Å². The second kappa shape index (κ2) is 8.82. The number of hydrazone groups is 1. The number of amides is 1. The topological polar surface area (TPSA) is 81.4 Å². The number of halogens is 1. The van der Waals surface area contributed by atoms with Gasteiger partial charge < -0.3 is 13.9 Å². The Bertz CT molecular complexity index is 1430. The lowest BCUT2D eigenvalue weighted by Gasteiger charge is -2.24. The smallest absolute Gasteiger partial charge is 0.284 e. The van der Waals surface area contributed by atoms with Gasteiger partial charge in [0.1, 0.15) is 12.4 Å². The standard InChI is InChI=1S/C26H20FN3O4/c1-16-19(14-28-29-26(32)23-15-33-21-7-2-3-8-22(21)34-23)20-6-4-5-13-30(20)24(16)25(31)17-9-11-18(27)12-10-17/h2-14,23H,15H2,1H3,(H,29,32). The highest BCUT2D eigenvalue weighted by molar-refractivity contribution is 6.12. The lowest BCUT2D eigenvalue weighted by molar-refractivity contribution is -0.130. The van der Waals surface area contributed by atoms with Gasteiger partial charge in [-0.15, -0.1) is 0 Å². The Morgan fingerprint density at radius 2 is 1.79 bits per heavy atom. The first-order valence-corrected chi connectivity index (χ1v) is 10.6. The highest BCUT2D eigenvalue weighted by atomic mass is 19.1. The first-order valence-electron chi connectivity index (χ1n) is 10.6. The van der Waals surface area contributed by atoms with Crippen molar-refractivity contribution in [1.29, 1.82) is 0 Å². The summed E-state index contributed by atoms with van der Waals surface area (Å²) >= 11 is 0. The minimum absolute atomic E-state index is 0.0723. The first-order chi connectivity index (χ1) is 16.5. The quantitative estimate of drug-likeness (QED) is 0.280. The monoisotopic (exact) mass is 457 g/mol. The number of hydrogen-bond acceptors (Lipinski definition) is 5. The molecule has 34 heavy (non-hydrogen) atoms. The number of aromatic nitrogens is 1. The normalized spacial score (nSPS) is 14.9. The van der Waals surface area contributed by atoms with Crippen LogP contribution in [-0.4, -0.2) is 35.0 Å². The van der Waals surface area contributed by atoms with Crippen molar-refractivity contribution < 1.29 is 23.5 Å². The SMILES string of the molecule is Cc1c(C=NNC(=O)C2COc3ccccc3O2)c2ccccn2c1C(=O)c1ccc(F)cc1. The van der Waals surface area contributed by atoms with E-state index in [1.807, 2.05) is 31.2 Å². The molecule has 1 N–H and O–H groups in total. The minimum atomic E-state index is -0.838. The summed E-state index contributed by atoms with van der Waals surface area (Å²) in [5.41, 5.74) is 5.41. The van der Waals surface area contributed by atoms with Crippen molar-refractivity contribution in [3.05, 3.63) is 101 Å². The van der Waals surface area contributed by atoms with Gasteiger partial charge in [0.2, 0.25) is 11.9 Å². The molecule has 4 aromatic rings. The van der Waals surface area contributed by atoms with E-state index in [-0.39, 0.29) is 12.4 Å². The van der Waals surface area contributed by atoms with Crippen LogP contribution in [0.25, 0.3) is 5.52 Å². The average Bonchev–Trinajstić information content (AvgIpc) is 3.15. The number of benzene rings is 2. The Morgan fingerprint density at radius 1 is 1.06 bits per heavy atom. The summed E-state index contributed by atoms with van der Waals surface area (Å²) in [7, 11) is 0. The molecule has 2 aromatic carbocycles. The third-order valence-electron chi connectivity index (χ3n) is 5.63. The molecule has 0 saturated heterocycles. The molecule has 0 fully saturated rings. The summed E-state index contributed by atoms with van der Waals surface area (Å²) in [6.45, 7) is 1.88. The van der Waals surface area contributed by atoms with Crippen molar-refractivity contribution in [2.75, 3.05) is 6.61 Å². The van der Waals surface area contributed by atoms with Crippen molar-refractivity contribution in [1.82, 2.24) is 9.83 Å². The Balaban J connectivity index is 1.39. The highest BCUT2D eigenvalue weighted by Crippen LogP contribution is 2.31. The maximum Gasteiger partial charge on any atom is 0.284 e. The number of hydrogen-bond donors (Lipinski definition) is 1. The molecule has 1 aliphatic heterocycles. The van der Waals surface area contributed by atoms with Crippen LogP contribution in [0.4, 0.5) is 4.39 Å². The number of ketones is 1. The molecule has 2 aromatic heterocycles. The molecule has 1 aliphatic rings. The van der Waals surface area contributed by atoms with Gasteiger partial charge in [-0.1, -0.05) is 18.2 Å². The molecule has 170 valence electrons. The van der Waals surface area contributed by atoms with Crippen LogP contribution in [-0.2, 0) is 4.79 Å². The fourth-order valence-corrected chi connectivity index (χ4v) is 3.92. The Labute approximate surface area is 194 Å². The van der Waals surface area contributed by atoms with Crippen LogP contribution in [0.1, 0.15) is 27.2 Å². The number of para-hydroxylation sites is 2. The third-order valence-corrected chi connectivity index (χ3v) is 5.63. The number of nitrogens with one attached hydrogen (secondary N) is 1. The van der Waals surface area contributed by atoms with E-state index in [9.17, 15) is 14.0 Å². The van der Waals surface area contributed by atoms with Gasteiger partial charge in [0.15, 0.2) is 11.5 Å². The molecule has 7 nitrogen and oxygen atoms in total. The molecule has 1 amide bonds. The van der Waals surface area contributed by atoms with E-state index in [0.717, 1.165) is 5.52 Å². The molecule has 0 saturated carbocycles. The van der Waals surface area contributed by atoms with Crippen LogP contribution >= 0.6 is 0 Å². The lowest BCUT2D eigenvalue weighted by atomic mass is 10.0. The second-order valence-corrected chi connectivity index (χ2v) is 7.78. The van der Waals surface area contributed by atoms with E-state index in [1.54, 1.807) is 28.8 Å². The summed E-state index contributed by atoms with van der Waals surface area (Å²) in [6.07, 6.45) is 2.44. The number of fused-ring (bicyclic) bond motifs is 2. The maximum absolute atomic E-state index is 13.3. The number of ether oxygens (including phenoxy) is 2. The number of carbonyl (C=O) groups excluding carboxylic acids is 2. The molecule has 0 radical (unpaired) electrons. The van der Waals surface area contributed by atoms with E-state index < -0.39 is 17.8 Å². The van der Waals surface area contributed by atoms with Crippen LogP contribution < -0.4 is 14.9 Å². The molecule has 3 heterocycles. The molecule has 1 atom stereocenters. The van der Waals surface area contributed by atoms with Crippen LogP contribution in [0, 0.1) is 12.7 Å². The summed E-state index contributed by atoms with van der Waals surface area (Å²) in [5.74, 6) is -0.0172. The number of pyridine rings is 1. The molecule has 1 unspecified atom stereocenters. The summed E-state index contributed by atoms with van der Waals surface area (Å²) in [5, 5.41) is 4.11. The summed E-state index contributed by atoms with van der Waals surface area (Å²) < 4.78 is 26.4. The van der Waals surface area contributed by atoms with Crippen molar-refractivity contribution in [2.45, 2.75) is 13.0 Å². The lowest BCUT2D eigenvalue weighted by Crippen LogP contribution is -2.42. The molecular weight excluding hydrogens is 437 g/mol. The fraction of sp³-hybridized carbons (Fsp3) is 0.115. The van der Waals surface area contributed by atoms with Crippen LogP contribution in [0.3, 0.4) is 0 Å². The van der Waals surface area contributed by atoms with E-state index in [4.69, 9.17) is 9.47 Å². The zero-order valence-electron chi connectivity index (χ0n) is 18.2. The molecule has 5 rings (SSSR count). The van der Waals surface area contributed by atoms with E-state index in [0.29, 0.717) is 33.9 Å². The van der Waals surface area contributed by atoms with E-state index in [2.05, 4.69) is 10.5 Å². The minimum Gasteiger partial charge on any atom is -0.485 e. The zero-order valence-corrected chi connectivity index (χ0v) is 18.2. The molecular formula is C26H20FN3O4. The Kier molecular flexibility index (Phi) is 5.55. The fourth-order valence-electron chi connectivity index (χ4n) is 3.92. The van der Waals surface area contributed by atoms with Gasteiger partial charge >= 0.3 is 0 Å². The molecule has 0 spiro atoms. The predicted octanol–water partition coefficient (Wildman–Crippen LogP) is 3.91. The van der Waals surface area contributed by atoms with Gasteiger partial charge in [-0.05, 0) is 61.0 Å². The molecule has 0 aliphatic carbocycles. The van der Waals surface area contributed by atoms with Crippen LogP contribution in [0.5, 0.6) is 11.5 Å². The van der Waals surface area contributed by atoms with Crippen molar-refractivity contribution in [3.8, 4) is 11.5 Å². The Hall–Kier alpha value is -4.46. The van der Waals surface area contributed by atoms with Gasteiger partial charge in [0.25, 0.3) is 5.91 Å². The zero-order chi connectivity index (χ0) is 23.7.